The van der Waals surface area contributed by atoms with E-state index in [-0.39, 0.29) is 6.85 Å². The van der Waals surface area contributed by atoms with Crippen LogP contribution in [-0.2, 0) is 0 Å². The number of rotatable bonds is 1. The van der Waals surface area contributed by atoms with Crippen molar-refractivity contribution in [2.24, 2.45) is 0 Å². The first-order valence-electron chi connectivity index (χ1n) is 11.0. The molecule has 3 heteroatoms. The Morgan fingerprint density at radius 3 is 1.94 bits per heavy atom. The molecule has 0 saturated carbocycles. The van der Waals surface area contributed by atoms with Gasteiger partial charge in [0.2, 0.25) is 0 Å². The third kappa shape index (κ3) is 2.39. The quantitative estimate of drug-likeness (QED) is 0.334. The van der Waals surface area contributed by atoms with Gasteiger partial charge in [0.15, 0.2) is 0 Å². The number of hydrogen-bond acceptors (Lipinski definition) is 2. The van der Waals surface area contributed by atoms with Crippen LogP contribution in [0.3, 0.4) is 0 Å². The van der Waals surface area contributed by atoms with Crippen LogP contribution in [0.15, 0.2) is 116 Å². The van der Waals surface area contributed by atoms with Crippen molar-refractivity contribution >= 4 is 29.1 Å². The second kappa shape index (κ2) is 6.70. The normalized spacial score (nSPS) is 12.9. The monoisotopic (exact) mass is 406 g/mol. The van der Waals surface area contributed by atoms with Gasteiger partial charge in [-0.2, -0.15) is 0 Å². The lowest BCUT2D eigenvalue weighted by molar-refractivity contribution is 1.32. The van der Waals surface area contributed by atoms with E-state index < -0.39 is 0 Å². The highest BCUT2D eigenvalue weighted by Gasteiger charge is 2.41. The van der Waals surface area contributed by atoms with Crippen molar-refractivity contribution in [3.8, 4) is 33.4 Å². The van der Waals surface area contributed by atoms with E-state index in [1.807, 2.05) is 18.5 Å². The Morgan fingerprint density at radius 2 is 1.19 bits per heavy atom. The number of para-hydroxylation sites is 1. The predicted molar refractivity (Wildman–Crippen MR) is 134 cm³/mol. The number of hydrogen-bond donors (Lipinski definition) is 0. The standard InChI is InChI=1S/C29H19BN2/c1-4-12-26-22(9-1)24-11-3-6-14-28(24)32-29-16-15-20(21-8-7-17-31-19-21)18-25(29)23-10-2-5-13-27(23)30(26)32/h1-19H. The molecular formula is C29H19BN2. The molecule has 32 heavy (non-hydrogen) atoms. The summed E-state index contributed by atoms with van der Waals surface area (Å²) in [6, 6.07) is 37.5. The van der Waals surface area contributed by atoms with E-state index in [1.165, 1.54) is 50.1 Å². The Kier molecular flexibility index (Phi) is 3.68. The Hall–Kier alpha value is -4.11. The minimum atomic E-state index is 0.161. The maximum Gasteiger partial charge on any atom is 0.329 e. The average Bonchev–Trinajstić information content (AvgIpc) is 2.88. The number of fused-ring (bicyclic) bond motifs is 11. The molecular weight excluding hydrogens is 387 g/mol. The van der Waals surface area contributed by atoms with Crippen LogP contribution in [0, 0.1) is 0 Å². The van der Waals surface area contributed by atoms with Crippen LogP contribution in [0.1, 0.15) is 0 Å². The van der Waals surface area contributed by atoms with Crippen LogP contribution in [0.4, 0.5) is 11.4 Å². The van der Waals surface area contributed by atoms with Gasteiger partial charge in [0, 0.05) is 40.5 Å². The second-order valence-corrected chi connectivity index (χ2v) is 8.44. The minimum Gasteiger partial charge on any atom is -0.376 e. The maximum atomic E-state index is 4.33. The van der Waals surface area contributed by atoms with E-state index in [9.17, 15) is 0 Å². The summed E-state index contributed by atoms with van der Waals surface area (Å²) in [6.45, 7) is 0.161. The molecule has 4 aromatic carbocycles. The fraction of sp³-hybridized carbons (Fsp3) is 0. The molecule has 0 N–H and O–H groups in total. The van der Waals surface area contributed by atoms with Crippen molar-refractivity contribution in [3.05, 3.63) is 116 Å². The number of benzene rings is 4. The van der Waals surface area contributed by atoms with Crippen LogP contribution in [0.2, 0.25) is 0 Å². The summed E-state index contributed by atoms with van der Waals surface area (Å²) >= 11 is 0. The highest BCUT2D eigenvalue weighted by Crippen LogP contribution is 2.46. The molecule has 0 amide bonds. The highest BCUT2D eigenvalue weighted by atomic mass is 15.1. The molecule has 2 aliphatic heterocycles. The zero-order valence-electron chi connectivity index (χ0n) is 17.4. The van der Waals surface area contributed by atoms with Gasteiger partial charge < -0.3 is 4.81 Å². The fourth-order valence-electron chi connectivity index (χ4n) is 5.40. The first kappa shape index (κ1) is 17.6. The van der Waals surface area contributed by atoms with Gasteiger partial charge in [0.25, 0.3) is 0 Å². The number of anilines is 2. The molecule has 0 atom stereocenters. The van der Waals surface area contributed by atoms with Gasteiger partial charge in [-0.15, -0.1) is 0 Å². The molecule has 2 aliphatic rings. The lowest BCUT2D eigenvalue weighted by Crippen LogP contribution is -2.59. The van der Waals surface area contributed by atoms with Crippen molar-refractivity contribution in [1.29, 1.82) is 0 Å². The van der Waals surface area contributed by atoms with Gasteiger partial charge in [-0.1, -0.05) is 78.9 Å². The lowest BCUT2D eigenvalue weighted by Gasteiger charge is -2.43. The van der Waals surface area contributed by atoms with Gasteiger partial charge in [-0.05, 0) is 51.9 Å². The van der Waals surface area contributed by atoms with E-state index >= 15 is 0 Å². The van der Waals surface area contributed by atoms with Crippen LogP contribution >= 0.6 is 0 Å². The number of pyridine rings is 1. The molecule has 0 spiro atoms. The van der Waals surface area contributed by atoms with Crippen molar-refractivity contribution in [2.75, 3.05) is 4.81 Å². The van der Waals surface area contributed by atoms with E-state index in [4.69, 9.17) is 0 Å². The Bertz CT molecular complexity index is 1490. The molecule has 0 unspecified atom stereocenters. The van der Waals surface area contributed by atoms with Gasteiger partial charge in [0.05, 0.1) is 0 Å². The SMILES string of the molecule is c1cncc(-c2ccc3c(c2)-c2ccccc2B2c4ccccc4-c4ccccc4N23)c1. The van der Waals surface area contributed by atoms with Crippen LogP contribution in [0.5, 0.6) is 0 Å². The summed E-state index contributed by atoms with van der Waals surface area (Å²) in [5.41, 5.74) is 12.8. The zero-order valence-corrected chi connectivity index (χ0v) is 17.4. The summed E-state index contributed by atoms with van der Waals surface area (Å²) in [5.74, 6) is 0. The summed E-state index contributed by atoms with van der Waals surface area (Å²) in [5, 5.41) is 0. The predicted octanol–water partition coefficient (Wildman–Crippen LogP) is 5.65. The maximum absolute atomic E-state index is 4.33. The Labute approximate surface area is 187 Å². The average molecular weight is 406 g/mol. The zero-order chi connectivity index (χ0) is 21.1. The molecule has 0 saturated heterocycles. The summed E-state index contributed by atoms with van der Waals surface area (Å²) in [6.07, 6.45) is 3.76. The smallest absolute Gasteiger partial charge is 0.329 e. The molecule has 1 aromatic heterocycles. The van der Waals surface area contributed by atoms with Gasteiger partial charge >= 0.3 is 6.85 Å². The van der Waals surface area contributed by atoms with Gasteiger partial charge in [0.1, 0.15) is 0 Å². The topological polar surface area (TPSA) is 16.1 Å². The van der Waals surface area contributed by atoms with Crippen LogP contribution in [0.25, 0.3) is 33.4 Å². The summed E-state index contributed by atoms with van der Waals surface area (Å²) in [4.78, 5) is 6.86. The first-order valence-corrected chi connectivity index (χ1v) is 11.0. The highest BCUT2D eigenvalue weighted by molar-refractivity contribution is 6.92. The van der Waals surface area contributed by atoms with Gasteiger partial charge in [-0.3, -0.25) is 4.98 Å². The molecule has 0 radical (unpaired) electrons. The Morgan fingerprint density at radius 1 is 0.531 bits per heavy atom. The molecule has 7 rings (SSSR count). The molecule has 0 aliphatic carbocycles. The summed E-state index contributed by atoms with van der Waals surface area (Å²) in [7, 11) is 0. The molecule has 0 bridgehead atoms. The molecule has 2 nitrogen and oxygen atoms in total. The third-order valence-corrected chi connectivity index (χ3v) is 6.76. The van der Waals surface area contributed by atoms with E-state index in [0.29, 0.717) is 0 Å². The minimum absolute atomic E-state index is 0.161. The van der Waals surface area contributed by atoms with Crippen LogP contribution < -0.4 is 15.7 Å². The Balaban J connectivity index is 1.55. The van der Waals surface area contributed by atoms with E-state index in [2.05, 4.69) is 107 Å². The molecule has 0 fully saturated rings. The number of aromatic nitrogens is 1. The molecule has 3 heterocycles. The second-order valence-electron chi connectivity index (χ2n) is 8.44. The van der Waals surface area contributed by atoms with E-state index in [0.717, 1.165) is 5.56 Å². The van der Waals surface area contributed by atoms with E-state index in [1.54, 1.807) is 0 Å². The van der Waals surface area contributed by atoms with Crippen molar-refractivity contribution in [1.82, 2.24) is 4.98 Å². The number of nitrogens with zero attached hydrogens (tertiary/aromatic N) is 2. The summed E-state index contributed by atoms with van der Waals surface area (Å²) < 4.78 is 0. The first-order chi connectivity index (χ1) is 15.9. The van der Waals surface area contributed by atoms with Crippen LogP contribution in [-0.4, -0.2) is 11.8 Å². The largest absolute Gasteiger partial charge is 0.376 e. The van der Waals surface area contributed by atoms with Crippen molar-refractivity contribution in [2.45, 2.75) is 0 Å². The van der Waals surface area contributed by atoms with Crippen molar-refractivity contribution < 1.29 is 0 Å². The fourth-order valence-corrected chi connectivity index (χ4v) is 5.40. The molecule has 5 aromatic rings. The van der Waals surface area contributed by atoms with Gasteiger partial charge in [-0.25, -0.2) is 0 Å². The lowest BCUT2D eigenvalue weighted by atomic mass is 9.43. The van der Waals surface area contributed by atoms with Crippen molar-refractivity contribution in [3.63, 3.8) is 0 Å². The molecule has 148 valence electrons. The third-order valence-electron chi connectivity index (χ3n) is 6.76.